The third kappa shape index (κ3) is 14.4. The van der Waals surface area contributed by atoms with Crippen LogP contribution in [-0.2, 0) is 44.7 Å². The number of ether oxygens (including phenoxy) is 1. The molecular formula is C32H35Cl2F3N5O15PS. The second-order valence-electron chi connectivity index (χ2n) is 12.1. The van der Waals surface area contributed by atoms with Crippen molar-refractivity contribution in [1.82, 2.24) is 19.7 Å². The molecule has 1 aliphatic rings. The lowest BCUT2D eigenvalue weighted by Gasteiger charge is -2.18. The van der Waals surface area contributed by atoms with Crippen LogP contribution in [0.5, 0.6) is 0 Å². The maximum absolute atomic E-state index is 14.2. The Hall–Kier alpha value is -4.84. The topological polar surface area (TPSA) is 301 Å². The Morgan fingerprint density at radius 3 is 2.20 bits per heavy atom. The van der Waals surface area contributed by atoms with Crippen molar-refractivity contribution < 1.29 is 74.7 Å². The molecule has 1 unspecified atom stereocenters. The minimum absolute atomic E-state index is 0.0424. The lowest BCUT2D eigenvalue weighted by atomic mass is 9.81. The minimum atomic E-state index is -4.10. The van der Waals surface area contributed by atoms with Crippen LogP contribution < -0.4 is 11.0 Å². The van der Waals surface area contributed by atoms with Gasteiger partial charge < -0.3 is 19.6 Å². The van der Waals surface area contributed by atoms with Crippen molar-refractivity contribution in [3.05, 3.63) is 78.7 Å². The van der Waals surface area contributed by atoms with E-state index < -0.39 is 105 Å². The predicted molar refractivity (Wildman–Crippen MR) is 199 cm³/mol. The summed E-state index contributed by atoms with van der Waals surface area (Å²) in [4.78, 5) is 95.8. The van der Waals surface area contributed by atoms with Crippen LogP contribution in [0.1, 0.15) is 54.5 Å². The molecule has 59 heavy (non-hydrogen) atoms. The number of carboxylic acids is 1. The molecule has 4 rings (SSSR count). The number of nitro groups is 1. The van der Waals surface area contributed by atoms with E-state index in [1.807, 2.05) is 0 Å². The number of hydrogen-bond acceptors (Lipinski definition) is 14. The summed E-state index contributed by atoms with van der Waals surface area (Å²) in [6, 6.07) is 4.82. The molecule has 0 spiro atoms. The van der Waals surface area contributed by atoms with Crippen LogP contribution in [0.4, 0.5) is 18.9 Å². The number of nitrogens with zero attached hydrogens (tertiary/aromatic N) is 4. The number of nitro benzene ring substituents is 1. The van der Waals surface area contributed by atoms with Crippen LogP contribution in [0.3, 0.4) is 0 Å². The fraction of sp³-hybridized carbons (Fsp3) is 0.406. The third-order valence-corrected chi connectivity index (χ3v) is 10.1. The van der Waals surface area contributed by atoms with Crippen LogP contribution in [0.25, 0.3) is 5.69 Å². The number of carbonyl (C=O) groups is 5. The SMILES string of the molecule is CCOC(=O)C(Cl)Cc1cc(-n2nc(C)n(C(F)F)c2=O)c(F)cc1Cl.CS(=O)(=O)c1ccc(C(=O)C2C(=O)CCCC2=O)c([N+](=O)[O-])c1.O=C(O)CNCP(=O)(O)O. The number of ketones is 3. The number of rotatable bonds is 14. The number of benzene rings is 2. The van der Waals surface area contributed by atoms with Crippen molar-refractivity contribution in [2.24, 2.45) is 5.92 Å². The molecule has 0 bridgehead atoms. The highest BCUT2D eigenvalue weighted by Crippen LogP contribution is 2.32. The van der Waals surface area contributed by atoms with E-state index in [-0.39, 0.29) is 57.4 Å². The Balaban J connectivity index is 0.000000334. The molecule has 1 aromatic heterocycles. The largest absolute Gasteiger partial charge is 0.480 e. The fourth-order valence-corrected chi connectivity index (χ4v) is 6.53. The average molecular weight is 921 g/mol. The van der Waals surface area contributed by atoms with E-state index in [0.29, 0.717) is 11.1 Å². The van der Waals surface area contributed by atoms with Crippen LogP contribution in [0.2, 0.25) is 5.02 Å². The van der Waals surface area contributed by atoms with E-state index in [0.717, 1.165) is 36.6 Å². The number of hydrogen-bond donors (Lipinski definition) is 4. The number of aromatic nitrogens is 3. The molecule has 1 atom stereocenters. The van der Waals surface area contributed by atoms with Gasteiger partial charge >= 0.3 is 31.8 Å². The summed E-state index contributed by atoms with van der Waals surface area (Å²) in [5, 5.41) is 23.7. The zero-order valence-corrected chi connectivity index (χ0v) is 34.1. The molecule has 1 aliphatic carbocycles. The Morgan fingerprint density at radius 2 is 1.73 bits per heavy atom. The molecule has 27 heteroatoms. The number of aryl methyl sites for hydroxylation is 1. The van der Waals surface area contributed by atoms with Crippen molar-refractivity contribution in [3.8, 4) is 5.69 Å². The maximum Gasteiger partial charge on any atom is 0.355 e. The van der Waals surface area contributed by atoms with E-state index in [1.165, 1.54) is 6.92 Å². The highest BCUT2D eigenvalue weighted by atomic mass is 35.5. The van der Waals surface area contributed by atoms with Crippen molar-refractivity contribution >= 4 is 75.6 Å². The monoisotopic (exact) mass is 919 g/mol. The van der Waals surface area contributed by atoms with Crippen molar-refractivity contribution in [2.45, 2.75) is 56.4 Å². The predicted octanol–water partition coefficient (Wildman–Crippen LogP) is 3.16. The molecule has 0 aliphatic heterocycles. The molecule has 0 saturated heterocycles. The first-order valence-electron chi connectivity index (χ1n) is 16.5. The third-order valence-electron chi connectivity index (χ3n) is 7.67. The standard InChI is InChI=1S/C15H14Cl2F3N3O3.C14H13NO7S.C3H8NO5P/c1-3-26-13(24)10(17)4-8-5-12(11(18)6-9(8)16)23-15(25)22(14(19)20)7(2)21-23;1-23(21,22)8-5-6-9(10(7-8)15(19)20)14(18)13-11(16)3-2-4-12(13)17;5-3(6)1-4-2-10(7,8)9/h5-6,10,14H,3-4H2,1-2H3;5-7,13H,2-4H2,1H3;4H,1-2H2,(H,5,6)(H2,7,8,9). The van der Waals surface area contributed by atoms with E-state index in [1.54, 1.807) is 6.92 Å². The zero-order chi connectivity index (χ0) is 45.2. The van der Waals surface area contributed by atoms with E-state index in [4.69, 9.17) is 42.8 Å². The van der Waals surface area contributed by atoms with Gasteiger partial charge in [0.2, 0.25) is 0 Å². The number of carbonyl (C=O) groups excluding carboxylic acids is 4. The molecule has 0 radical (unpaired) electrons. The molecule has 1 saturated carbocycles. The van der Waals surface area contributed by atoms with Gasteiger partial charge in [-0.3, -0.25) is 44.0 Å². The summed E-state index contributed by atoms with van der Waals surface area (Å²) in [5.74, 6) is -6.68. The first-order valence-corrected chi connectivity index (χ1v) is 21.0. The number of nitrogens with one attached hydrogen (secondary N) is 1. The number of sulfone groups is 1. The highest BCUT2D eigenvalue weighted by Gasteiger charge is 2.39. The van der Waals surface area contributed by atoms with Crippen molar-refractivity contribution in [2.75, 3.05) is 25.7 Å². The second-order valence-corrected chi connectivity index (χ2v) is 16.7. The summed E-state index contributed by atoms with van der Waals surface area (Å²) in [6.07, 6.45) is 0.655. The Bertz CT molecular complexity index is 2320. The smallest absolute Gasteiger partial charge is 0.355 e. The summed E-state index contributed by atoms with van der Waals surface area (Å²) in [6.45, 7) is -0.635. The number of aliphatic carboxylic acids is 1. The van der Waals surface area contributed by atoms with Gasteiger partial charge in [-0.05, 0) is 50.1 Å². The van der Waals surface area contributed by atoms with Crippen LogP contribution in [0.15, 0.2) is 40.0 Å². The number of alkyl halides is 3. The number of esters is 1. The molecule has 3 aromatic rings. The van der Waals surface area contributed by atoms with Crippen molar-refractivity contribution in [1.29, 1.82) is 0 Å². The Kier molecular flexibility index (Phi) is 18.3. The number of carboxylic acid groups (broad SMARTS) is 1. The Labute approximate surface area is 341 Å². The molecule has 1 fully saturated rings. The zero-order valence-electron chi connectivity index (χ0n) is 30.8. The number of Topliss-reactive ketones (excluding diaryl/α,β-unsaturated/α-hetero) is 3. The maximum atomic E-state index is 14.2. The van der Waals surface area contributed by atoms with Gasteiger partial charge in [-0.1, -0.05) is 11.6 Å². The first kappa shape index (κ1) is 50.3. The first-order chi connectivity index (χ1) is 27.2. The van der Waals surface area contributed by atoms with Gasteiger partial charge in [0.15, 0.2) is 33.0 Å². The van der Waals surface area contributed by atoms with Gasteiger partial charge in [-0.15, -0.1) is 16.7 Å². The lowest BCUT2D eigenvalue weighted by Crippen LogP contribution is -2.35. The van der Waals surface area contributed by atoms with Gasteiger partial charge in [0.1, 0.15) is 22.8 Å². The molecule has 324 valence electrons. The summed E-state index contributed by atoms with van der Waals surface area (Å²) in [5.41, 5.74) is -2.53. The Morgan fingerprint density at radius 1 is 1.14 bits per heavy atom. The van der Waals surface area contributed by atoms with Gasteiger partial charge in [0.25, 0.3) is 5.69 Å². The van der Waals surface area contributed by atoms with E-state index in [2.05, 4.69) is 10.4 Å². The van der Waals surface area contributed by atoms with Crippen LogP contribution in [-0.4, -0.2) is 103 Å². The van der Waals surface area contributed by atoms with Gasteiger partial charge in [0.05, 0.1) is 34.8 Å². The molecule has 2 aromatic carbocycles. The quantitative estimate of drug-likeness (QED) is 0.0343. The highest BCUT2D eigenvalue weighted by molar-refractivity contribution is 7.90. The average Bonchev–Trinajstić information content (AvgIpc) is 3.41. The lowest BCUT2D eigenvalue weighted by molar-refractivity contribution is -0.385. The molecule has 1 heterocycles. The number of halogens is 5. The normalized spacial score (nSPS) is 13.8. The van der Waals surface area contributed by atoms with Gasteiger partial charge in [0, 0.05) is 36.6 Å². The second kappa shape index (κ2) is 21.4. The van der Waals surface area contributed by atoms with Gasteiger partial charge in [-0.2, -0.15) is 13.5 Å². The van der Waals surface area contributed by atoms with E-state index in [9.17, 15) is 65.0 Å². The van der Waals surface area contributed by atoms with Crippen LogP contribution >= 0.6 is 30.8 Å². The van der Waals surface area contributed by atoms with Gasteiger partial charge in [-0.25, -0.2) is 22.2 Å². The van der Waals surface area contributed by atoms with Crippen LogP contribution in [0, 0.1) is 28.8 Å². The summed E-state index contributed by atoms with van der Waals surface area (Å²) >= 11 is 11.9. The van der Waals surface area contributed by atoms with E-state index >= 15 is 0 Å². The molecule has 0 amide bonds. The van der Waals surface area contributed by atoms with Crippen molar-refractivity contribution in [3.63, 3.8) is 0 Å². The fourth-order valence-electron chi connectivity index (χ4n) is 5.03. The molecule has 4 N–H and O–H groups in total. The summed E-state index contributed by atoms with van der Waals surface area (Å²) < 4.78 is 78.5. The summed E-state index contributed by atoms with van der Waals surface area (Å²) in [7, 11) is -7.79. The minimum Gasteiger partial charge on any atom is -0.480 e. The molecular weight excluding hydrogens is 885 g/mol. The molecule has 20 nitrogen and oxygen atoms in total.